The van der Waals surface area contributed by atoms with Gasteiger partial charge in [0.25, 0.3) is 0 Å². The Kier molecular flexibility index (Phi) is 2.48. The van der Waals surface area contributed by atoms with Crippen molar-refractivity contribution in [1.82, 2.24) is 18.9 Å². The van der Waals surface area contributed by atoms with Gasteiger partial charge in [0, 0.05) is 12.7 Å². The fourth-order valence-electron chi connectivity index (χ4n) is 2.00. The van der Waals surface area contributed by atoms with Crippen LogP contribution in [0.4, 0.5) is 5.82 Å². The molecule has 2 N–H and O–H groups in total. The van der Waals surface area contributed by atoms with Gasteiger partial charge in [0.2, 0.25) is 0 Å². The molecule has 18 heavy (non-hydrogen) atoms. The van der Waals surface area contributed by atoms with Crippen LogP contribution in [0.3, 0.4) is 0 Å². The smallest absolute Gasteiger partial charge is 0.139 e. The number of nitrogens with two attached hydrogens (primary N) is 1. The molecular weight excluding hydrogens is 250 g/mol. The fraction of sp³-hybridized carbons (Fsp3) is 0.167. The zero-order chi connectivity index (χ0) is 12.7. The van der Waals surface area contributed by atoms with Crippen LogP contribution in [-0.2, 0) is 6.54 Å². The summed E-state index contributed by atoms with van der Waals surface area (Å²) >= 11 is 5.96. The summed E-state index contributed by atoms with van der Waals surface area (Å²) in [5.74, 6) is 0.572. The lowest BCUT2D eigenvalue weighted by molar-refractivity contribution is 0.767. The molecule has 0 spiro atoms. The molecule has 0 fully saturated rings. The van der Waals surface area contributed by atoms with Crippen molar-refractivity contribution in [3.8, 4) is 11.4 Å². The second kappa shape index (κ2) is 4.03. The Morgan fingerprint density at radius 3 is 3.00 bits per heavy atom. The average Bonchev–Trinajstić information content (AvgIpc) is 2.94. The number of aryl methyl sites for hydroxylation is 1. The largest absolute Gasteiger partial charge is 0.383 e. The lowest BCUT2D eigenvalue weighted by Gasteiger charge is -2.02. The Morgan fingerprint density at radius 1 is 1.39 bits per heavy atom. The van der Waals surface area contributed by atoms with Crippen molar-refractivity contribution in [1.29, 1.82) is 0 Å². The van der Waals surface area contributed by atoms with Gasteiger partial charge in [-0.3, -0.25) is 4.40 Å². The molecule has 0 aliphatic rings. The van der Waals surface area contributed by atoms with E-state index in [1.165, 1.54) is 0 Å². The van der Waals surface area contributed by atoms with Crippen molar-refractivity contribution >= 4 is 23.1 Å². The molecule has 0 atom stereocenters. The number of imidazole rings is 2. The van der Waals surface area contributed by atoms with Gasteiger partial charge in [0.1, 0.15) is 17.2 Å². The van der Waals surface area contributed by atoms with Crippen LogP contribution < -0.4 is 5.73 Å². The third-order valence-corrected chi connectivity index (χ3v) is 3.14. The maximum absolute atomic E-state index is 6.12. The van der Waals surface area contributed by atoms with Crippen molar-refractivity contribution in [2.45, 2.75) is 13.5 Å². The summed E-state index contributed by atoms with van der Waals surface area (Å²) in [6, 6.07) is 3.64. The number of rotatable bonds is 2. The molecule has 3 aromatic heterocycles. The van der Waals surface area contributed by atoms with Crippen molar-refractivity contribution in [3.05, 3.63) is 35.9 Å². The van der Waals surface area contributed by atoms with Gasteiger partial charge in [-0.25, -0.2) is 9.97 Å². The predicted molar refractivity (Wildman–Crippen MR) is 71.5 cm³/mol. The van der Waals surface area contributed by atoms with E-state index in [1.807, 2.05) is 17.6 Å². The highest BCUT2D eigenvalue weighted by Crippen LogP contribution is 2.27. The topological polar surface area (TPSA) is 61.1 Å². The van der Waals surface area contributed by atoms with Crippen LogP contribution in [0, 0.1) is 0 Å². The molecule has 0 bridgehead atoms. The van der Waals surface area contributed by atoms with Gasteiger partial charge in [-0.2, -0.15) is 0 Å². The number of nitrogens with zero attached hydrogens (tertiary/aromatic N) is 4. The minimum absolute atomic E-state index is 0.572. The Labute approximate surface area is 109 Å². The Bertz CT molecular complexity index is 712. The second-order valence-corrected chi connectivity index (χ2v) is 4.42. The Morgan fingerprint density at radius 2 is 2.22 bits per heavy atom. The highest BCUT2D eigenvalue weighted by Gasteiger charge is 2.14. The van der Waals surface area contributed by atoms with Crippen molar-refractivity contribution < 1.29 is 0 Å². The van der Waals surface area contributed by atoms with Crippen molar-refractivity contribution in [3.63, 3.8) is 0 Å². The van der Waals surface area contributed by atoms with E-state index in [0.29, 0.717) is 10.8 Å². The van der Waals surface area contributed by atoms with Crippen LogP contribution >= 0.6 is 11.6 Å². The van der Waals surface area contributed by atoms with Crippen LogP contribution in [0.1, 0.15) is 6.92 Å². The number of aromatic nitrogens is 4. The number of pyridine rings is 1. The number of nitrogen functional groups attached to an aromatic ring is 1. The summed E-state index contributed by atoms with van der Waals surface area (Å²) in [4.78, 5) is 8.65. The lowest BCUT2D eigenvalue weighted by atomic mass is 10.3. The molecule has 0 aromatic carbocycles. The number of halogens is 1. The third kappa shape index (κ3) is 1.55. The van der Waals surface area contributed by atoms with Gasteiger partial charge in [-0.1, -0.05) is 11.6 Å². The summed E-state index contributed by atoms with van der Waals surface area (Å²) in [6.07, 6.45) is 5.30. The van der Waals surface area contributed by atoms with E-state index in [9.17, 15) is 0 Å². The van der Waals surface area contributed by atoms with Crippen LogP contribution in [-0.4, -0.2) is 18.9 Å². The Balaban J connectivity index is 2.27. The van der Waals surface area contributed by atoms with E-state index >= 15 is 0 Å². The van der Waals surface area contributed by atoms with Crippen molar-refractivity contribution in [2.75, 3.05) is 5.73 Å². The first-order valence-electron chi connectivity index (χ1n) is 5.64. The fourth-order valence-corrected chi connectivity index (χ4v) is 2.16. The second-order valence-electron chi connectivity index (χ2n) is 3.99. The highest BCUT2D eigenvalue weighted by atomic mass is 35.5. The predicted octanol–water partition coefficient (Wildman–Crippen LogP) is 2.45. The van der Waals surface area contributed by atoms with E-state index in [0.717, 1.165) is 23.6 Å². The van der Waals surface area contributed by atoms with E-state index < -0.39 is 0 Å². The van der Waals surface area contributed by atoms with Gasteiger partial charge < -0.3 is 10.3 Å². The Hall–Kier alpha value is -2.01. The normalized spacial score (nSPS) is 11.2. The molecule has 5 nitrogen and oxygen atoms in total. The molecule has 0 unspecified atom stereocenters. The summed E-state index contributed by atoms with van der Waals surface area (Å²) in [6.45, 7) is 2.87. The molecular formula is C12H12ClN5. The van der Waals surface area contributed by atoms with Gasteiger partial charge in [-0.05, 0) is 19.1 Å². The molecule has 3 rings (SSSR count). The molecule has 6 heteroatoms. The lowest BCUT2D eigenvalue weighted by Crippen LogP contribution is -1.98. The minimum Gasteiger partial charge on any atom is -0.383 e. The van der Waals surface area contributed by atoms with E-state index in [4.69, 9.17) is 17.3 Å². The molecule has 0 saturated heterocycles. The zero-order valence-electron chi connectivity index (χ0n) is 9.84. The molecule has 0 amide bonds. The van der Waals surface area contributed by atoms with Gasteiger partial charge in [0.15, 0.2) is 0 Å². The van der Waals surface area contributed by atoms with E-state index in [2.05, 4.69) is 9.97 Å². The first-order chi connectivity index (χ1) is 8.70. The standard InChI is InChI=1S/C12H12ClN5/c1-2-17-7-15-5-9(17)11-12(14)18-6-8(13)3-4-10(18)16-11/h3-7H,2,14H2,1H3. The highest BCUT2D eigenvalue weighted by molar-refractivity contribution is 6.30. The SMILES string of the molecule is CCn1cncc1-c1nc2ccc(Cl)cn2c1N. The maximum Gasteiger partial charge on any atom is 0.139 e. The molecule has 0 radical (unpaired) electrons. The summed E-state index contributed by atoms with van der Waals surface area (Å²) in [5.41, 5.74) is 8.54. The monoisotopic (exact) mass is 261 g/mol. The average molecular weight is 262 g/mol. The van der Waals surface area contributed by atoms with Gasteiger partial charge in [-0.15, -0.1) is 0 Å². The third-order valence-electron chi connectivity index (χ3n) is 2.91. The number of anilines is 1. The zero-order valence-corrected chi connectivity index (χ0v) is 10.6. The van der Waals surface area contributed by atoms with Crippen molar-refractivity contribution in [2.24, 2.45) is 0 Å². The van der Waals surface area contributed by atoms with E-state index in [1.54, 1.807) is 29.2 Å². The number of hydrogen-bond donors (Lipinski definition) is 1. The molecule has 92 valence electrons. The van der Waals surface area contributed by atoms with E-state index in [-0.39, 0.29) is 0 Å². The summed E-state index contributed by atoms with van der Waals surface area (Å²) in [5, 5.41) is 0.627. The molecule has 3 aromatic rings. The van der Waals surface area contributed by atoms with Crippen LogP contribution in [0.15, 0.2) is 30.9 Å². The summed E-state index contributed by atoms with van der Waals surface area (Å²) in [7, 11) is 0. The number of fused-ring (bicyclic) bond motifs is 1. The molecule has 3 heterocycles. The molecule has 0 saturated carbocycles. The quantitative estimate of drug-likeness (QED) is 0.771. The maximum atomic E-state index is 6.12. The van der Waals surface area contributed by atoms with Crippen LogP contribution in [0.5, 0.6) is 0 Å². The van der Waals surface area contributed by atoms with Crippen LogP contribution in [0.2, 0.25) is 5.02 Å². The van der Waals surface area contributed by atoms with Crippen LogP contribution in [0.25, 0.3) is 17.0 Å². The minimum atomic E-state index is 0.572. The molecule has 0 aliphatic heterocycles. The molecule has 0 aliphatic carbocycles. The van der Waals surface area contributed by atoms with Gasteiger partial charge >= 0.3 is 0 Å². The summed E-state index contributed by atoms with van der Waals surface area (Å²) < 4.78 is 3.78. The first kappa shape index (κ1) is 11.1. The number of hydrogen-bond acceptors (Lipinski definition) is 3. The van der Waals surface area contributed by atoms with Gasteiger partial charge in [0.05, 0.1) is 23.2 Å². The first-order valence-corrected chi connectivity index (χ1v) is 6.02.